The van der Waals surface area contributed by atoms with Crippen LogP contribution in [0.2, 0.25) is 0 Å². The van der Waals surface area contributed by atoms with Crippen molar-refractivity contribution in [2.45, 2.75) is 66.9 Å². The average Bonchev–Trinajstić information content (AvgIpc) is 2.26. The summed E-state index contributed by atoms with van der Waals surface area (Å²) in [6.07, 6.45) is 11.3. The molecule has 0 radical (unpaired) electrons. The molecular formula is C18H30O2. The van der Waals surface area contributed by atoms with E-state index in [2.05, 4.69) is 32.9 Å². The molecule has 1 atom stereocenters. The number of carbonyl (C=O) groups is 1. The second-order valence-electron chi connectivity index (χ2n) is 5.98. The molecule has 0 aliphatic heterocycles. The van der Waals surface area contributed by atoms with Crippen molar-refractivity contribution < 1.29 is 9.53 Å². The molecule has 0 aromatic carbocycles. The van der Waals surface area contributed by atoms with E-state index < -0.39 is 0 Å². The zero-order valence-electron chi connectivity index (χ0n) is 13.9. The molecule has 0 bridgehead atoms. The molecule has 0 heterocycles. The molecule has 20 heavy (non-hydrogen) atoms. The number of allylic oxidation sites excluding steroid dienone is 5. The third-order valence-electron chi connectivity index (χ3n) is 2.83. The van der Waals surface area contributed by atoms with E-state index in [9.17, 15) is 4.79 Å². The van der Waals surface area contributed by atoms with Crippen LogP contribution in [0.25, 0.3) is 0 Å². The standard InChI is InChI=1S/C18H30O2/c1-14(2)9-7-10-16(5)11-8-12-17(6)13-18(19)20-15(3)4/h8-9,12-13,15-16H,7,10-11H2,1-6H3/b12-8+,17-13?. The SMILES string of the molecule is CC(C)=CCCC(C)C/C=C/C(C)=CC(=O)OC(C)C. The van der Waals surface area contributed by atoms with E-state index >= 15 is 0 Å². The third kappa shape index (κ3) is 11.8. The summed E-state index contributed by atoms with van der Waals surface area (Å²) in [7, 11) is 0. The molecule has 2 heteroatoms. The largest absolute Gasteiger partial charge is 0.460 e. The normalized spacial score (nSPS) is 13.7. The molecule has 0 amide bonds. The molecule has 2 nitrogen and oxygen atoms in total. The lowest BCUT2D eigenvalue weighted by molar-refractivity contribution is -0.141. The van der Waals surface area contributed by atoms with Gasteiger partial charge in [-0.25, -0.2) is 4.79 Å². The van der Waals surface area contributed by atoms with Gasteiger partial charge in [0.05, 0.1) is 6.10 Å². The fraction of sp³-hybridized carbons (Fsp3) is 0.611. The van der Waals surface area contributed by atoms with E-state index in [0.29, 0.717) is 5.92 Å². The Hall–Kier alpha value is -1.31. The van der Waals surface area contributed by atoms with Crippen LogP contribution in [-0.4, -0.2) is 12.1 Å². The van der Waals surface area contributed by atoms with Gasteiger partial charge in [-0.15, -0.1) is 0 Å². The summed E-state index contributed by atoms with van der Waals surface area (Å²) >= 11 is 0. The minimum Gasteiger partial charge on any atom is -0.460 e. The minimum atomic E-state index is -0.265. The first kappa shape index (κ1) is 18.7. The van der Waals surface area contributed by atoms with Gasteiger partial charge in [0.1, 0.15) is 0 Å². The molecule has 0 spiro atoms. The van der Waals surface area contributed by atoms with E-state index in [1.807, 2.05) is 26.8 Å². The monoisotopic (exact) mass is 278 g/mol. The maximum absolute atomic E-state index is 11.4. The zero-order chi connectivity index (χ0) is 15.5. The Balaban J connectivity index is 4.07. The average molecular weight is 278 g/mol. The highest BCUT2D eigenvalue weighted by Gasteiger charge is 2.01. The first-order valence-corrected chi connectivity index (χ1v) is 7.50. The quantitative estimate of drug-likeness (QED) is 0.263. The van der Waals surface area contributed by atoms with Gasteiger partial charge < -0.3 is 4.74 Å². The summed E-state index contributed by atoms with van der Waals surface area (Å²) in [5.74, 6) is 0.399. The van der Waals surface area contributed by atoms with Gasteiger partial charge >= 0.3 is 5.97 Å². The van der Waals surface area contributed by atoms with Gasteiger partial charge in [0, 0.05) is 6.08 Å². The molecule has 114 valence electrons. The lowest BCUT2D eigenvalue weighted by Gasteiger charge is -2.06. The number of rotatable bonds is 8. The van der Waals surface area contributed by atoms with E-state index in [1.165, 1.54) is 12.0 Å². The van der Waals surface area contributed by atoms with Gasteiger partial charge in [-0.2, -0.15) is 0 Å². The Labute approximate surface area is 124 Å². The maximum Gasteiger partial charge on any atom is 0.331 e. The second-order valence-corrected chi connectivity index (χ2v) is 5.98. The third-order valence-corrected chi connectivity index (χ3v) is 2.83. The van der Waals surface area contributed by atoms with Crippen molar-refractivity contribution in [1.82, 2.24) is 0 Å². The molecule has 0 saturated carbocycles. The van der Waals surface area contributed by atoms with Gasteiger partial charge in [-0.1, -0.05) is 30.7 Å². The Bertz CT molecular complexity index is 369. The Morgan fingerprint density at radius 1 is 1.15 bits per heavy atom. The molecule has 0 aliphatic carbocycles. The molecule has 0 aliphatic rings. The number of carbonyl (C=O) groups excluding carboxylic acids is 1. The van der Waals surface area contributed by atoms with Crippen molar-refractivity contribution in [3.63, 3.8) is 0 Å². The summed E-state index contributed by atoms with van der Waals surface area (Å²) in [6.45, 7) is 12.2. The predicted octanol–water partition coefficient (Wildman–Crippen LogP) is 5.21. The first-order valence-electron chi connectivity index (χ1n) is 7.50. The highest BCUT2D eigenvalue weighted by atomic mass is 16.5. The van der Waals surface area contributed by atoms with E-state index in [-0.39, 0.29) is 12.1 Å². The number of hydrogen-bond donors (Lipinski definition) is 0. The van der Waals surface area contributed by atoms with Gasteiger partial charge in [-0.3, -0.25) is 0 Å². The Morgan fingerprint density at radius 3 is 2.35 bits per heavy atom. The highest BCUT2D eigenvalue weighted by Crippen LogP contribution is 2.13. The van der Waals surface area contributed by atoms with Crippen molar-refractivity contribution >= 4 is 5.97 Å². The summed E-state index contributed by atoms with van der Waals surface area (Å²) in [6, 6.07) is 0. The van der Waals surface area contributed by atoms with Crippen LogP contribution in [0.5, 0.6) is 0 Å². The lowest BCUT2D eigenvalue weighted by Crippen LogP contribution is -2.08. The van der Waals surface area contributed by atoms with Crippen LogP contribution >= 0.6 is 0 Å². The first-order chi connectivity index (χ1) is 9.31. The molecule has 0 N–H and O–H groups in total. The smallest absolute Gasteiger partial charge is 0.331 e. The second kappa shape index (κ2) is 10.5. The van der Waals surface area contributed by atoms with Gasteiger partial charge in [-0.05, 0) is 65.4 Å². The molecule has 0 aromatic rings. The molecule has 0 fully saturated rings. The van der Waals surface area contributed by atoms with E-state index in [4.69, 9.17) is 4.74 Å². The number of ether oxygens (including phenoxy) is 1. The van der Waals surface area contributed by atoms with Crippen LogP contribution in [0.4, 0.5) is 0 Å². The minimum absolute atomic E-state index is 0.0642. The molecule has 1 unspecified atom stereocenters. The fourth-order valence-electron chi connectivity index (χ4n) is 1.76. The Morgan fingerprint density at radius 2 is 1.80 bits per heavy atom. The summed E-state index contributed by atoms with van der Waals surface area (Å²) in [5, 5.41) is 0. The molecule has 0 aromatic heterocycles. The summed E-state index contributed by atoms with van der Waals surface area (Å²) in [4.78, 5) is 11.4. The molecule has 0 rings (SSSR count). The zero-order valence-corrected chi connectivity index (χ0v) is 13.9. The fourth-order valence-corrected chi connectivity index (χ4v) is 1.76. The van der Waals surface area contributed by atoms with Gasteiger partial charge in [0.15, 0.2) is 0 Å². The van der Waals surface area contributed by atoms with Crippen molar-refractivity contribution in [3.05, 3.63) is 35.5 Å². The maximum atomic E-state index is 11.4. The predicted molar refractivity (Wildman–Crippen MR) is 86.6 cm³/mol. The highest BCUT2D eigenvalue weighted by molar-refractivity contribution is 5.83. The van der Waals surface area contributed by atoms with Crippen LogP contribution in [0.3, 0.4) is 0 Å². The number of esters is 1. The van der Waals surface area contributed by atoms with Crippen LogP contribution in [0, 0.1) is 5.92 Å². The van der Waals surface area contributed by atoms with Crippen LogP contribution in [0.1, 0.15) is 60.8 Å². The Kier molecular flexibility index (Phi) is 9.79. The van der Waals surface area contributed by atoms with Crippen molar-refractivity contribution in [3.8, 4) is 0 Å². The van der Waals surface area contributed by atoms with Crippen molar-refractivity contribution in [1.29, 1.82) is 0 Å². The molecular weight excluding hydrogens is 248 g/mol. The van der Waals surface area contributed by atoms with Crippen molar-refractivity contribution in [2.24, 2.45) is 5.92 Å². The van der Waals surface area contributed by atoms with Crippen LogP contribution in [-0.2, 0) is 9.53 Å². The topological polar surface area (TPSA) is 26.3 Å². The number of hydrogen-bond acceptors (Lipinski definition) is 2. The summed E-state index contributed by atoms with van der Waals surface area (Å²) < 4.78 is 5.07. The van der Waals surface area contributed by atoms with E-state index in [0.717, 1.165) is 18.4 Å². The lowest BCUT2D eigenvalue weighted by atomic mass is 10.0. The van der Waals surface area contributed by atoms with E-state index in [1.54, 1.807) is 6.08 Å². The van der Waals surface area contributed by atoms with Crippen molar-refractivity contribution in [2.75, 3.05) is 0 Å². The van der Waals surface area contributed by atoms with Gasteiger partial charge in [0.25, 0.3) is 0 Å². The van der Waals surface area contributed by atoms with Gasteiger partial charge in [0.2, 0.25) is 0 Å². The molecule has 0 saturated heterocycles. The van der Waals surface area contributed by atoms with Crippen LogP contribution in [0.15, 0.2) is 35.5 Å². The summed E-state index contributed by atoms with van der Waals surface area (Å²) in [5.41, 5.74) is 2.32. The van der Waals surface area contributed by atoms with Crippen LogP contribution < -0.4 is 0 Å².